The molecule has 0 spiro atoms. The molecule has 3 heterocycles. The molecule has 0 aliphatic carbocycles. The number of aromatic nitrogens is 3. The van der Waals surface area contributed by atoms with Crippen LogP contribution in [0.3, 0.4) is 0 Å². The lowest BCUT2D eigenvalue weighted by molar-refractivity contribution is -0.130. The molecule has 4 rings (SSSR count). The maximum absolute atomic E-state index is 12.2. The van der Waals surface area contributed by atoms with Gasteiger partial charge in [-0.05, 0) is 30.9 Å². The van der Waals surface area contributed by atoms with Gasteiger partial charge in [0.05, 0.1) is 12.6 Å². The Labute approximate surface area is 148 Å². The maximum atomic E-state index is 12.2. The minimum Gasteiger partial charge on any atom is -0.335 e. The standard InChI is InChI=1S/C19H25N5O/c1-12-6-4-5-7-16(12)19-17-10-23(11-18-20-13(2)21-22-18)8-15(17)9-24(19)14(3)25/h4-7,15,17,19H,8-11H2,1-3H3,(H,20,21,22)/t15-,17-,19-/m1/s1. The van der Waals surface area contributed by atoms with E-state index in [1.54, 1.807) is 6.92 Å². The first-order chi connectivity index (χ1) is 12.0. The molecule has 2 aliphatic heterocycles. The van der Waals surface area contributed by atoms with Crippen LogP contribution in [-0.4, -0.2) is 50.5 Å². The summed E-state index contributed by atoms with van der Waals surface area (Å²) in [6.07, 6.45) is 0. The molecule has 3 atom stereocenters. The number of nitrogens with zero attached hydrogens (tertiary/aromatic N) is 4. The van der Waals surface area contributed by atoms with Gasteiger partial charge in [0.1, 0.15) is 5.82 Å². The van der Waals surface area contributed by atoms with Gasteiger partial charge in [-0.3, -0.25) is 14.8 Å². The summed E-state index contributed by atoms with van der Waals surface area (Å²) in [5.74, 6) is 2.89. The molecule has 0 unspecified atom stereocenters. The zero-order valence-corrected chi connectivity index (χ0v) is 15.1. The first kappa shape index (κ1) is 16.3. The normalized spacial score (nSPS) is 26.2. The van der Waals surface area contributed by atoms with Crippen molar-refractivity contribution in [3.63, 3.8) is 0 Å². The highest BCUT2D eigenvalue weighted by atomic mass is 16.2. The van der Waals surface area contributed by atoms with Gasteiger partial charge in [-0.15, -0.1) is 0 Å². The Kier molecular flexibility index (Phi) is 4.07. The van der Waals surface area contributed by atoms with Crippen molar-refractivity contribution >= 4 is 5.91 Å². The molecular formula is C19H25N5O. The number of H-pyrrole nitrogens is 1. The molecule has 132 valence electrons. The molecule has 0 bridgehead atoms. The van der Waals surface area contributed by atoms with Crippen molar-refractivity contribution in [3.05, 3.63) is 47.0 Å². The molecule has 2 aliphatic rings. The predicted molar refractivity (Wildman–Crippen MR) is 94.7 cm³/mol. The fraction of sp³-hybridized carbons (Fsp3) is 0.526. The molecule has 0 saturated carbocycles. The second-order valence-electron chi connectivity index (χ2n) is 7.43. The van der Waals surface area contributed by atoms with Crippen molar-refractivity contribution in [1.29, 1.82) is 0 Å². The Hall–Kier alpha value is -2.21. The van der Waals surface area contributed by atoms with E-state index in [1.807, 2.05) is 6.92 Å². The van der Waals surface area contributed by atoms with E-state index in [2.05, 4.69) is 56.2 Å². The number of amides is 1. The average molecular weight is 339 g/mol. The number of hydrogen-bond donors (Lipinski definition) is 1. The van der Waals surface area contributed by atoms with E-state index in [-0.39, 0.29) is 11.9 Å². The van der Waals surface area contributed by atoms with Crippen LogP contribution in [0.2, 0.25) is 0 Å². The number of carbonyl (C=O) groups excluding carboxylic acids is 1. The largest absolute Gasteiger partial charge is 0.335 e. The van der Waals surface area contributed by atoms with Crippen molar-refractivity contribution < 1.29 is 4.79 Å². The van der Waals surface area contributed by atoms with Crippen molar-refractivity contribution in [2.45, 2.75) is 33.4 Å². The minimum atomic E-state index is 0.179. The second kappa shape index (κ2) is 6.26. The van der Waals surface area contributed by atoms with Crippen LogP contribution in [0.25, 0.3) is 0 Å². The van der Waals surface area contributed by atoms with Gasteiger partial charge >= 0.3 is 0 Å². The smallest absolute Gasteiger partial charge is 0.219 e. The Morgan fingerprint density at radius 1 is 1.24 bits per heavy atom. The van der Waals surface area contributed by atoms with Crippen LogP contribution in [0.15, 0.2) is 24.3 Å². The number of benzene rings is 1. The summed E-state index contributed by atoms with van der Waals surface area (Å²) in [7, 11) is 0. The van der Waals surface area contributed by atoms with E-state index in [0.717, 1.165) is 37.8 Å². The van der Waals surface area contributed by atoms with E-state index < -0.39 is 0 Å². The van der Waals surface area contributed by atoms with Crippen LogP contribution in [0, 0.1) is 25.7 Å². The number of aryl methyl sites for hydroxylation is 2. The van der Waals surface area contributed by atoms with Crippen LogP contribution in [-0.2, 0) is 11.3 Å². The summed E-state index contributed by atoms with van der Waals surface area (Å²) >= 11 is 0. The van der Waals surface area contributed by atoms with Crippen LogP contribution in [0.5, 0.6) is 0 Å². The number of hydrogen-bond acceptors (Lipinski definition) is 4. The second-order valence-corrected chi connectivity index (χ2v) is 7.43. The molecule has 25 heavy (non-hydrogen) atoms. The van der Waals surface area contributed by atoms with Gasteiger partial charge in [-0.25, -0.2) is 4.98 Å². The molecule has 1 aromatic heterocycles. The Morgan fingerprint density at radius 3 is 2.72 bits per heavy atom. The molecule has 2 aromatic rings. The maximum Gasteiger partial charge on any atom is 0.219 e. The van der Waals surface area contributed by atoms with Gasteiger partial charge < -0.3 is 4.90 Å². The van der Waals surface area contributed by atoms with E-state index in [1.165, 1.54) is 11.1 Å². The monoisotopic (exact) mass is 339 g/mol. The van der Waals surface area contributed by atoms with Crippen LogP contribution in [0.4, 0.5) is 0 Å². The average Bonchev–Trinajstić information content (AvgIpc) is 3.23. The van der Waals surface area contributed by atoms with Crippen LogP contribution >= 0.6 is 0 Å². The third-order valence-corrected chi connectivity index (χ3v) is 5.66. The number of aromatic amines is 1. The molecule has 1 N–H and O–H groups in total. The number of rotatable bonds is 3. The molecule has 0 radical (unpaired) electrons. The van der Waals surface area contributed by atoms with E-state index >= 15 is 0 Å². The lowest BCUT2D eigenvalue weighted by atomic mass is 9.87. The highest BCUT2D eigenvalue weighted by molar-refractivity contribution is 5.74. The zero-order valence-electron chi connectivity index (χ0n) is 15.1. The van der Waals surface area contributed by atoms with Gasteiger partial charge in [-0.1, -0.05) is 24.3 Å². The van der Waals surface area contributed by atoms with E-state index in [4.69, 9.17) is 0 Å². The Bertz CT molecular complexity index is 786. The van der Waals surface area contributed by atoms with Gasteiger partial charge in [0.2, 0.25) is 5.91 Å². The molecule has 1 aromatic carbocycles. The Balaban J connectivity index is 1.57. The summed E-state index contributed by atoms with van der Waals surface area (Å²) in [6, 6.07) is 8.65. The van der Waals surface area contributed by atoms with E-state index in [0.29, 0.717) is 11.8 Å². The summed E-state index contributed by atoms with van der Waals surface area (Å²) in [5.41, 5.74) is 2.56. The number of likely N-dealkylation sites (tertiary alicyclic amines) is 2. The number of nitrogens with one attached hydrogen (secondary N) is 1. The van der Waals surface area contributed by atoms with Crippen LogP contribution in [0.1, 0.15) is 35.7 Å². The zero-order chi connectivity index (χ0) is 17.6. The third kappa shape index (κ3) is 2.95. The minimum absolute atomic E-state index is 0.179. The third-order valence-electron chi connectivity index (χ3n) is 5.66. The summed E-state index contributed by atoms with van der Waals surface area (Å²) in [6.45, 7) is 9.38. The molecule has 2 saturated heterocycles. The van der Waals surface area contributed by atoms with Crippen molar-refractivity contribution in [2.24, 2.45) is 11.8 Å². The lowest BCUT2D eigenvalue weighted by Gasteiger charge is -2.30. The van der Waals surface area contributed by atoms with Crippen molar-refractivity contribution in [3.8, 4) is 0 Å². The van der Waals surface area contributed by atoms with E-state index in [9.17, 15) is 4.79 Å². The highest BCUT2D eigenvalue weighted by Gasteiger charge is 2.48. The van der Waals surface area contributed by atoms with Gasteiger partial charge in [-0.2, -0.15) is 5.10 Å². The molecule has 6 heteroatoms. The van der Waals surface area contributed by atoms with Gasteiger partial charge in [0.15, 0.2) is 5.82 Å². The Morgan fingerprint density at radius 2 is 2.04 bits per heavy atom. The number of fused-ring (bicyclic) bond motifs is 1. The van der Waals surface area contributed by atoms with Crippen LogP contribution < -0.4 is 0 Å². The summed E-state index contributed by atoms with van der Waals surface area (Å²) in [4.78, 5) is 21.2. The van der Waals surface area contributed by atoms with Gasteiger partial charge in [0.25, 0.3) is 0 Å². The fourth-order valence-electron chi connectivity index (χ4n) is 4.57. The number of carbonyl (C=O) groups is 1. The summed E-state index contributed by atoms with van der Waals surface area (Å²) < 4.78 is 0. The van der Waals surface area contributed by atoms with Crippen molar-refractivity contribution in [2.75, 3.05) is 19.6 Å². The highest BCUT2D eigenvalue weighted by Crippen LogP contribution is 2.45. The SMILES string of the molecule is CC(=O)N1C[C@H]2CN(Cc3n[nH]c(C)n3)C[C@H]2[C@H]1c1ccccc1C. The molecular weight excluding hydrogens is 314 g/mol. The van der Waals surface area contributed by atoms with Crippen molar-refractivity contribution in [1.82, 2.24) is 25.0 Å². The summed E-state index contributed by atoms with van der Waals surface area (Å²) in [5, 5.41) is 7.18. The molecule has 2 fully saturated rings. The predicted octanol–water partition coefficient (Wildman–Crippen LogP) is 2.07. The van der Waals surface area contributed by atoms with Gasteiger partial charge in [0, 0.05) is 32.5 Å². The topological polar surface area (TPSA) is 65.1 Å². The molecule has 6 nitrogen and oxygen atoms in total. The first-order valence-corrected chi connectivity index (χ1v) is 8.96. The fourth-order valence-corrected chi connectivity index (χ4v) is 4.57. The lowest BCUT2D eigenvalue weighted by Crippen LogP contribution is -2.34. The quantitative estimate of drug-likeness (QED) is 0.930. The molecule has 1 amide bonds. The first-order valence-electron chi connectivity index (χ1n) is 8.96.